The molecule has 1 aliphatic heterocycles. The lowest BCUT2D eigenvalue weighted by molar-refractivity contribution is 0.00964. The molecular weight excluding hydrogens is 283 g/mol. The van der Waals surface area contributed by atoms with Crippen LogP contribution >= 0.6 is 0 Å². The highest BCUT2D eigenvalue weighted by Gasteiger charge is 2.33. The predicted molar refractivity (Wildman–Crippen MR) is 87.6 cm³/mol. The van der Waals surface area contributed by atoms with Gasteiger partial charge in [0.15, 0.2) is 0 Å². The van der Waals surface area contributed by atoms with Crippen LogP contribution in [0.3, 0.4) is 0 Å². The Morgan fingerprint density at radius 2 is 2.14 bits per heavy atom. The van der Waals surface area contributed by atoms with Gasteiger partial charge in [-0.05, 0) is 32.8 Å². The van der Waals surface area contributed by atoms with E-state index in [-0.39, 0.29) is 12.6 Å². The number of hydrogen-bond donors (Lipinski definition) is 1. The molecule has 1 N–H and O–H groups in total. The lowest BCUT2D eigenvalue weighted by Gasteiger charge is -2.36. The van der Waals surface area contributed by atoms with Crippen molar-refractivity contribution in [1.82, 2.24) is 10.2 Å². The topological polar surface area (TPSA) is 41.6 Å². The van der Waals surface area contributed by atoms with Crippen LogP contribution in [0.15, 0.2) is 37.0 Å². The van der Waals surface area contributed by atoms with E-state index in [1.54, 1.807) is 32.9 Å². The van der Waals surface area contributed by atoms with Crippen LogP contribution < -0.4 is 5.32 Å². The Bertz CT molecular complexity index is 440. The van der Waals surface area contributed by atoms with Gasteiger partial charge in [0.05, 0.1) is 6.54 Å². The summed E-state index contributed by atoms with van der Waals surface area (Å²) < 4.78 is 19.5. The van der Waals surface area contributed by atoms with Crippen LogP contribution in [0.5, 0.6) is 0 Å². The van der Waals surface area contributed by atoms with Crippen molar-refractivity contribution in [3.63, 3.8) is 0 Å². The number of piperidine rings is 1. The Morgan fingerprint density at radius 3 is 2.64 bits per heavy atom. The molecule has 0 aromatic carbocycles. The highest BCUT2D eigenvalue weighted by Crippen LogP contribution is 2.18. The number of carbonyl (C=O) groups excluding carboxylic acids is 1. The second-order valence-corrected chi connectivity index (χ2v) is 6.40. The maximum atomic E-state index is 14.3. The molecule has 1 saturated heterocycles. The smallest absolute Gasteiger partial charge is 0.410 e. The van der Waals surface area contributed by atoms with Crippen molar-refractivity contribution in [1.29, 1.82) is 0 Å². The Hall–Kier alpha value is -1.62. The van der Waals surface area contributed by atoms with Gasteiger partial charge in [0.2, 0.25) is 0 Å². The van der Waals surface area contributed by atoms with Crippen LogP contribution in [-0.2, 0) is 4.74 Å². The molecule has 0 spiro atoms. The van der Waals surface area contributed by atoms with Gasteiger partial charge in [0, 0.05) is 19.1 Å². The average molecular weight is 310 g/mol. The summed E-state index contributed by atoms with van der Waals surface area (Å²) in [4.78, 5) is 13.4. The Labute approximate surface area is 132 Å². The molecule has 4 nitrogen and oxygen atoms in total. The van der Waals surface area contributed by atoms with E-state index in [4.69, 9.17) is 4.74 Å². The SMILES string of the molecule is C=CC=C(C=C)CNC1CCN(C(=O)OC(C)(C)C)CC1F. The minimum Gasteiger partial charge on any atom is -0.444 e. The van der Waals surface area contributed by atoms with Crippen molar-refractivity contribution in [3.05, 3.63) is 37.0 Å². The van der Waals surface area contributed by atoms with Crippen molar-refractivity contribution in [2.75, 3.05) is 19.6 Å². The minimum absolute atomic E-state index is 0.0567. The first-order valence-electron chi connectivity index (χ1n) is 7.56. The zero-order valence-electron chi connectivity index (χ0n) is 13.8. The molecule has 22 heavy (non-hydrogen) atoms. The highest BCUT2D eigenvalue weighted by atomic mass is 19.1. The fraction of sp³-hybridized carbons (Fsp3) is 0.588. The molecule has 0 aromatic rings. The normalized spacial score (nSPS) is 23.1. The lowest BCUT2D eigenvalue weighted by Crippen LogP contribution is -2.53. The van der Waals surface area contributed by atoms with Crippen molar-refractivity contribution in [2.24, 2.45) is 0 Å². The summed E-state index contributed by atoms with van der Waals surface area (Å²) >= 11 is 0. The number of likely N-dealkylation sites (tertiary alicyclic amines) is 1. The van der Waals surface area contributed by atoms with Crippen LogP contribution in [0.4, 0.5) is 9.18 Å². The molecule has 1 fully saturated rings. The molecule has 2 unspecified atom stereocenters. The molecule has 2 atom stereocenters. The standard InChI is InChI=1S/C17H27FN2O2/c1-6-8-13(7-2)11-19-15-9-10-20(12-14(15)18)16(21)22-17(3,4)5/h6-8,14-15,19H,1-2,9-12H2,3-5H3. The van der Waals surface area contributed by atoms with Gasteiger partial charge in [-0.1, -0.05) is 31.4 Å². The number of hydrogen-bond acceptors (Lipinski definition) is 3. The largest absolute Gasteiger partial charge is 0.444 e. The maximum absolute atomic E-state index is 14.3. The van der Waals surface area contributed by atoms with E-state index in [1.807, 2.05) is 6.08 Å². The van der Waals surface area contributed by atoms with Crippen molar-refractivity contribution >= 4 is 6.09 Å². The van der Waals surface area contributed by atoms with Gasteiger partial charge < -0.3 is 15.0 Å². The molecule has 1 aliphatic rings. The number of nitrogens with zero attached hydrogens (tertiary/aromatic N) is 1. The molecule has 0 radical (unpaired) electrons. The van der Waals surface area contributed by atoms with E-state index in [0.29, 0.717) is 19.5 Å². The fourth-order valence-corrected chi connectivity index (χ4v) is 2.23. The molecule has 5 heteroatoms. The molecule has 0 saturated carbocycles. The summed E-state index contributed by atoms with van der Waals surface area (Å²) in [5.74, 6) is 0. The molecule has 124 valence electrons. The second kappa shape index (κ2) is 8.13. The van der Waals surface area contributed by atoms with Crippen molar-refractivity contribution < 1.29 is 13.9 Å². The molecule has 1 rings (SSSR count). The Balaban J connectivity index is 2.49. The van der Waals surface area contributed by atoms with Crippen LogP contribution in [0.25, 0.3) is 0 Å². The van der Waals surface area contributed by atoms with E-state index in [9.17, 15) is 9.18 Å². The molecular formula is C17H27FN2O2. The van der Waals surface area contributed by atoms with Gasteiger partial charge in [-0.15, -0.1) is 0 Å². The summed E-state index contributed by atoms with van der Waals surface area (Å²) in [6.07, 6.45) is 4.22. The first kappa shape index (κ1) is 18.4. The fourth-order valence-electron chi connectivity index (χ4n) is 2.23. The summed E-state index contributed by atoms with van der Waals surface area (Å²) in [5, 5.41) is 3.17. The van der Waals surface area contributed by atoms with Gasteiger partial charge in [-0.2, -0.15) is 0 Å². The van der Waals surface area contributed by atoms with Gasteiger partial charge in [-0.3, -0.25) is 0 Å². The van der Waals surface area contributed by atoms with E-state index < -0.39 is 17.9 Å². The summed E-state index contributed by atoms with van der Waals surface area (Å²) in [6, 6.07) is -0.271. The van der Waals surface area contributed by atoms with Gasteiger partial charge in [-0.25, -0.2) is 9.18 Å². The second-order valence-electron chi connectivity index (χ2n) is 6.40. The number of allylic oxidation sites excluding steroid dienone is 2. The summed E-state index contributed by atoms with van der Waals surface area (Å²) in [7, 11) is 0. The van der Waals surface area contributed by atoms with Gasteiger partial charge in [0.25, 0.3) is 0 Å². The third-order valence-electron chi connectivity index (χ3n) is 3.36. The number of halogens is 1. The maximum Gasteiger partial charge on any atom is 0.410 e. The highest BCUT2D eigenvalue weighted by molar-refractivity contribution is 5.68. The van der Waals surface area contributed by atoms with E-state index in [0.717, 1.165) is 5.57 Å². The first-order valence-corrected chi connectivity index (χ1v) is 7.56. The Morgan fingerprint density at radius 1 is 1.45 bits per heavy atom. The lowest BCUT2D eigenvalue weighted by atomic mass is 10.0. The number of alkyl halides is 1. The minimum atomic E-state index is -1.11. The summed E-state index contributed by atoms with van der Waals surface area (Å²) in [6.45, 7) is 13.8. The van der Waals surface area contributed by atoms with Gasteiger partial charge >= 0.3 is 6.09 Å². The van der Waals surface area contributed by atoms with Crippen LogP contribution in [0, 0.1) is 0 Å². The van der Waals surface area contributed by atoms with E-state index in [1.165, 1.54) is 4.90 Å². The number of nitrogens with one attached hydrogen (secondary N) is 1. The molecule has 0 bridgehead atoms. The molecule has 0 aliphatic carbocycles. The van der Waals surface area contributed by atoms with Crippen molar-refractivity contribution in [2.45, 2.75) is 45.0 Å². The quantitative estimate of drug-likeness (QED) is 0.793. The molecule has 1 heterocycles. The first-order chi connectivity index (χ1) is 10.3. The van der Waals surface area contributed by atoms with Crippen LogP contribution in [0.2, 0.25) is 0 Å². The Kier molecular flexibility index (Phi) is 6.81. The number of ether oxygens (including phenoxy) is 1. The number of carbonyl (C=O) groups is 1. The monoisotopic (exact) mass is 310 g/mol. The number of rotatable bonds is 5. The van der Waals surface area contributed by atoms with E-state index in [2.05, 4.69) is 18.5 Å². The van der Waals surface area contributed by atoms with Gasteiger partial charge in [0.1, 0.15) is 11.8 Å². The number of amides is 1. The summed E-state index contributed by atoms with van der Waals surface area (Å²) in [5.41, 5.74) is 0.392. The molecule has 0 aromatic heterocycles. The van der Waals surface area contributed by atoms with Crippen LogP contribution in [0.1, 0.15) is 27.2 Å². The predicted octanol–water partition coefficient (Wildman–Crippen LogP) is 3.22. The van der Waals surface area contributed by atoms with Crippen LogP contribution in [-0.4, -0.2) is 48.4 Å². The zero-order chi connectivity index (χ0) is 16.8. The van der Waals surface area contributed by atoms with Crippen molar-refractivity contribution in [3.8, 4) is 0 Å². The average Bonchev–Trinajstić information content (AvgIpc) is 2.42. The zero-order valence-corrected chi connectivity index (χ0v) is 13.8. The molecule has 1 amide bonds. The van der Waals surface area contributed by atoms with E-state index >= 15 is 0 Å². The third-order valence-corrected chi connectivity index (χ3v) is 3.36. The third kappa shape index (κ3) is 6.02.